The number of H-pyrrole nitrogens is 1. The Balaban J connectivity index is 2.42. The number of nitrogen functional groups attached to an aromatic ring is 1. The molecular weight excluding hydrogens is 270 g/mol. The maximum atomic E-state index is 11.8. The molecule has 0 fully saturated rings. The summed E-state index contributed by atoms with van der Waals surface area (Å²) < 4.78 is 0. The van der Waals surface area contributed by atoms with Crippen LogP contribution in [0.3, 0.4) is 0 Å². The van der Waals surface area contributed by atoms with E-state index in [1.165, 1.54) is 6.33 Å². The first-order valence-corrected chi connectivity index (χ1v) is 6.85. The molecule has 0 radical (unpaired) electrons. The van der Waals surface area contributed by atoms with Crippen LogP contribution < -0.4 is 21.5 Å². The fourth-order valence-electron chi connectivity index (χ4n) is 2.19. The normalized spacial score (nSPS) is 10.6. The summed E-state index contributed by atoms with van der Waals surface area (Å²) in [5.41, 5.74) is 7.50. The summed E-state index contributed by atoms with van der Waals surface area (Å²) >= 11 is 0. The molecule has 0 aliphatic rings. The number of aromatic amines is 1. The van der Waals surface area contributed by atoms with E-state index >= 15 is 0 Å². The Bertz CT molecular complexity index is 710. The zero-order chi connectivity index (χ0) is 15.4. The molecule has 21 heavy (non-hydrogen) atoms. The maximum Gasteiger partial charge on any atom is 0.258 e. The van der Waals surface area contributed by atoms with Crippen molar-refractivity contribution in [3.63, 3.8) is 0 Å². The lowest BCUT2D eigenvalue weighted by atomic mass is 10.1. The Hall–Kier alpha value is -2.57. The summed E-state index contributed by atoms with van der Waals surface area (Å²) in [4.78, 5) is 32.0. The Kier molecular flexibility index (Phi) is 4.42. The van der Waals surface area contributed by atoms with Gasteiger partial charge in [0.25, 0.3) is 5.56 Å². The number of nitrogens with two attached hydrogens (primary N) is 1. The van der Waals surface area contributed by atoms with Crippen LogP contribution in [0.15, 0.2) is 23.3 Å². The van der Waals surface area contributed by atoms with Crippen LogP contribution in [0, 0.1) is 0 Å². The van der Waals surface area contributed by atoms with E-state index in [0.717, 1.165) is 0 Å². The highest BCUT2D eigenvalue weighted by molar-refractivity contribution is 5.90. The summed E-state index contributed by atoms with van der Waals surface area (Å²) in [6.07, 6.45) is 1.35. The molecule has 1 aromatic carbocycles. The Morgan fingerprint density at radius 1 is 1.43 bits per heavy atom. The molecule has 0 atom stereocenters. The molecule has 2 rings (SSSR count). The first-order chi connectivity index (χ1) is 10.1. The Morgan fingerprint density at radius 3 is 2.86 bits per heavy atom. The average molecular weight is 289 g/mol. The number of nitrogens with one attached hydrogen (secondary N) is 2. The van der Waals surface area contributed by atoms with Crippen LogP contribution in [0.5, 0.6) is 0 Å². The molecule has 0 aliphatic carbocycles. The summed E-state index contributed by atoms with van der Waals surface area (Å²) in [5, 5.41) is 3.19. The first-order valence-electron chi connectivity index (χ1n) is 6.85. The number of carbonyl (C=O) groups is 1. The van der Waals surface area contributed by atoms with E-state index in [4.69, 9.17) is 5.73 Å². The van der Waals surface area contributed by atoms with Crippen molar-refractivity contribution in [3.8, 4) is 0 Å². The minimum atomic E-state index is -0.231. The van der Waals surface area contributed by atoms with Gasteiger partial charge in [-0.1, -0.05) is 0 Å². The number of nitrogens with zero attached hydrogens (tertiary/aromatic N) is 2. The molecule has 7 heteroatoms. The van der Waals surface area contributed by atoms with Gasteiger partial charge in [-0.3, -0.25) is 9.59 Å². The predicted molar refractivity (Wildman–Crippen MR) is 83.3 cm³/mol. The highest BCUT2D eigenvalue weighted by atomic mass is 16.2. The van der Waals surface area contributed by atoms with Crippen molar-refractivity contribution in [2.45, 2.75) is 13.8 Å². The van der Waals surface area contributed by atoms with Crippen molar-refractivity contribution >= 4 is 28.2 Å². The molecule has 2 aromatic rings. The lowest BCUT2D eigenvalue weighted by Gasteiger charge is -2.24. The van der Waals surface area contributed by atoms with Gasteiger partial charge < -0.3 is 20.9 Å². The van der Waals surface area contributed by atoms with Gasteiger partial charge in [-0.2, -0.15) is 0 Å². The zero-order valence-corrected chi connectivity index (χ0v) is 12.1. The number of fused-ring (bicyclic) bond motifs is 1. The Morgan fingerprint density at radius 2 is 2.19 bits per heavy atom. The van der Waals surface area contributed by atoms with Crippen molar-refractivity contribution < 1.29 is 4.79 Å². The number of likely N-dealkylation sites (N-methyl/N-ethyl adjacent to an activating group) is 2. The molecule has 0 spiro atoms. The second-order valence-corrected chi connectivity index (χ2v) is 4.63. The fourth-order valence-corrected chi connectivity index (χ4v) is 2.19. The van der Waals surface area contributed by atoms with E-state index in [-0.39, 0.29) is 18.0 Å². The first kappa shape index (κ1) is 14.8. The summed E-state index contributed by atoms with van der Waals surface area (Å²) in [7, 11) is 0. The van der Waals surface area contributed by atoms with Gasteiger partial charge in [-0.15, -0.1) is 0 Å². The zero-order valence-electron chi connectivity index (χ0n) is 12.1. The van der Waals surface area contributed by atoms with Crippen LogP contribution in [0.1, 0.15) is 13.8 Å². The van der Waals surface area contributed by atoms with E-state index in [1.807, 2.05) is 18.7 Å². The van der Waals surface area contributed by atoms with E-state index in [1.54, 1.807) is 12.1 Å². The highest BCUT2D eigenvalue weighted by Gasteiger charge is 2.14. The van der Waals surface area contributed by atoms with Crippen molar-refractivity contribution in [1.29, 1.82) is 0 Å². The average Bonchev–Trinajstić information content (AvgIpc) is 2.46. The number of hydrogen-bond acceptors (Lipinski definition) is 5. The van der Waals surface area contributed by atoms with Gasteiger partial charge in [-0.25, -0.2) is 4.98 Å². The minimum Gasteiger partial charge on any atom is -0.397 e. The van der Waals surface area contributed by atoms with Gasteiger partial charge in [0.1, 0.15) is 0 Å². The molecule has 0 bridgehead atoms. The van der Waals surface area contributed by atoms with Gasteiger partial charge in [0.2, 0.25) is 5.91 Å². The number of rotatable bonds is 5. The van der Waals surface area contributed by atoms with Crippen LogP contribution in [0.4, 0.5) is 11.4 Å². The number of amides is 1. The molecule has 112 valence electrons. The van der Waals surface area contributed by atoms with E-state index in [9.17, 15) is 9.59 Å². The van der Waals surface area contributed by atoms with Crippen molar-refractivity contribution in [1.82, 2.24) is 15.3 Å². The smallest absolute Gasteiger partial charge is 0.258 e. The molecule has 1 aromatic heterocycles. The Labute approximate surface area is 122 Å². The van der Waals surface area contributed by atoms with Gasteiger partial charge in [-0.05, 0) is 26.0 Å². The number of anilines is 2. The van der Waals surface area contributed by atoms with E-state index < -0.39 is 0 Å². The van der Waals surface area contributed by atoms with Gasteiger partial charge in [0.05, 0.1) is 35.1 Å². The van der Waals surface area contributed by atoms with E-state index in [0.29, 0.717) is 35.4 Å². The van der Waals surface area contributed by atoms with Crippen LogP contribution in [-0.4, -0.2) is 35.5 Å². The molecule has 1 amide bonds. The van der Waals surface area contributed by atoms with Crippen molar-refractivity contribution in [3.05, 3.63) is 28.8 Å². The molecule has 0 unspecified atom stereocenters. The van der Waals surface area contributed by atoms with Crippen LogP contribution in [-0.2, 0) is 4.79 Å². The number of hydrogen-bond donors (Lipinski definition) is 3. The highest BCUT2D eigenvalue weighted by Crippen LogP contribution is 2.26. The predicted octanol–water partition coefficient (Wildman–Crippen LogP) is 0.468. The summed E-state index contributed by atoms with van der Waals surface area (Å²) in [5.74, 6) is -0.0716. The van der Waals surface area contributed by atoms with Crippen LogP contribution >= 0.6 is 0 Å². The molecule has 4 N–H and O–H groups in total. The maximum absolute atomic E-state index is 11.8. The van der Waals surface area contributed by atoms with Crippen LogP contribution in [0.25, 0.3) is 10.9 Å². The SMILES string of the molecule is CCNC(=O)CN(CC)c1cc2nc[nH]c(=O)c2cc1N. The molecule has 0 aliphatic heterocycles. The quantitative estimate of drug-likeness (QED) is 0.694. The lowest BCUT2D eigenvalue weighted by molar-refractivity contribution is -0.119. The second kappa shape index (κ2) is 6.25. The third kappa shape index (κ3) is 3.13. The number of carbonyl (C=O) groups excluding carboxylic acids is 1. The van der Waals surface area contributed by atoms with Gasteiger partial charge in [0, 0.05) is 13.1 Å². The molecular formula is C14H19N5O2. The fraction of sp³-hybridized carbons (Fsp3) is 0.357. The van der Waals surface area contributed by atoms with Crippen LogP contribution in [0.2, 0.25) is 0 Å². The van der Waals surface area contributed by atoms with E-state index in [2.05, 4.69) is 15.3 Å². The van der Waals surface area contributed by atoms with Crippen molar-refractivity contribution in [2.24, 2.45) is 0 Å². The number of benzene rings is 1. The molecule has 7 nitrogen and oxygen atoms in total. The van der Waals surface area contributed by atoms with Gasteiger partial charge >= 0.3 is 0 Å². The third-order valence-electron chi connectivity index (χ3n) is 3.22. The monoisotopic (exact) mass is 289 g/mol. The summed E-state index contributed by atoms with van der Waals surface area (Å²) in [6.45, 7) is 5.22. The topological polar surface area (TPSA) is 104 Å². The largest absolute Gasteiger partial charge is 0.397 e. The standard InChI is InChI=1S/C14H19N5O2/c1-3-16-13(20)7-19(4-2)12-6-11-9(5-10(12)15)14(21)18-8-17-11/h5-6,8H,3-4,7,15H2,1-2H3,(H,16,20)(H,17,18,21). The third-order valence-corrected chi connectivity index (χ3v) is 3.22. The molecule has 1 heterocycles. The molecule has 0 saturated carbocycles. The van der Waals surface area contributed by atoms with Gasteiger partial charge in [0.15, 0.2) is 0 Å². The molecule has 0 saturated heterocycles. The minimum absolute atomic E-state index is 0.0716. The second-order valence-electron chi connectivity index (χ2n) is 4.63. The van der Waals surface area contributed by atoms with Crippen molar-refractivity contribution in [2.75, 3.05) is 30.3 Å². The summed E-state index contributed by atoms with van der Waals surface area (Å²) in [6, 6.07) is 3.33. The lowest BCUT2D eigenvalue weighted by Crippen LogP contribution is -2.37. The number of aromatic nitrogens is 2.